The Kier molecular flexibility index (Phi) is 5.41. The van der Waals surface area contributed by atoms with Crippen LogP contribution in [-0.2, 0) is 10.0 Å². The van der Waals surface area contributed by atoms with Gasteiger partial charge in [-0.05, 0) is 30.7 Å². The van der Waals surface area contributed by atoms with E-state index in [0.717, 1.165) is 19.3 Å². The van der Waals surface area contributed by atoms with Crippen molar-refractivity contribution < 1.29 is 13.5 Å². The molecule has 6 nitrogen and oxygen atoms in total. The number of nitrogens with one attached hydrogen (secondary N) is 1. The van der Waals surface area contributed by atoms with Crippen LogP contribution in [0.5, 0.6) is 0 Å². The number of anilines is 1. The van der Waals surface area contributed by atoms with Gasteiger partial charge in [0.1, 0.15) is 5.82 Å². The fourth-order valence-corrected chi connectivity index (χ4v) is 3.88. The molecule has 7 heteroatoms. The van der Waals surface area contributed by atoms with Crippen molar-refractivity contribution in [2.75, 3.05) is 31.6 Å². The predicted molar refractivity (Wildman–Crippen MR) is 86.2 cm³/mol. The van der Waals surface area contributed by atoms with Gasteiger partial charge in [-0.2, -0.15) is 4.31 Å². The molecule has 2 N–H and O–H groups in total. The first-order valence-electron chi connectivity index (χ1n) is 7.66. The van der Waals surface area contributed by atoms with Gasteiger partial charge in [-0.1, -0.05) is 13.8 Å². The van der Waals surface area contributed by atoms with Gasteiger partial charge in [-0.15, -0.1) is 0 Å². The van der Waals surface area contributed by atoms with Crippen LogP contribution in [-0.4, -0.2) is 49.1 Å². The lowest BCUT2D eigenvalue weighted by molar-refractivity contribution is 0.154. The molecule has 0 aliphatic carbocycles. The SMILES string of the molecule is CC(C)(CO)CCNc1cc(S(=O)(=O)N2CCCC2)ccn1. The van der Waals surface area contributed by atoms with Crippen LogP contribution < -0.4 is 5.32 Å². The lowest BCUT2D eigenvalue weighted by Crippen LogP contribution is -2.28. The molecule has 22 heavy (non-hydrogen) atoms. The van der Waals surface area contributed by atoms with E-state index in [4.69, 9.17) is 0 Å². The minimum absolute atomic E-state index is 0.117. The second-order valence-corrected chi connectivity index (χ2v) is 8.43. The second kappa shape index (κ2) is 6.93. The summed E-state index contributed by atoms with van der Waals surface area (Å²) < 4.78 is 26.5. The van der Waals surface area contributed by atoms with Crippen LogP contribution in [0.15, 0.2) is 23.2 Å². The molecule has 1 aromatic rings. The molecule has 1 aliphatic rings. The zero-order valence-electron chi connectivity index (χ0n) is 13.2. The van der Waals surface area contributed by atoms with E-state index in [1.165, 1.54) is 16.6 Å². The lowest BCUT2D eigenvalue weighted by atomic mass is 9.91. The summed E-state index contributed by atoms with van der Waals surface area (Å²) in [6.45, 7) is 5.90. The summed E-state index contributed by atoms with van der Waals surface area (Å²) in [5.41, 5.74) is -0.160. The van der Waals surface area contributed by atoms with Crippen molar-refractivity contribution in [2.24, 2.45) is 5.41 Å². The van der Waals surface area contributed by atoms with E-state index < -0.39 is 10.0 Å². The van der Waals surface area contributed by atoms with Crippen molar-refractivity contribution in [1.82, 2.24) is 9.29 Å². The highest BCUT2D eigenvalue weighted by atomic mass is 32.2. The van der Waals surface area contributed by atoms with E-state index in [-0.39, 0.29) is 16.9 Å². The molecule has 2 heterocycles. The summed E-state index contributed by atoms with van der Waals surface area (Å²) in [4.78, 5) is 4.45. The van der Waals surface area contributed by atoms with E-state index in [0.29, 0.717) is 25.5 Å². The molecule has 0 atom stereocenters. The molecular formula is C15H25N3O3S. The fourth-order valence-electron chi connectivity index (χ4n) is 2.35. The first-order valence-corrected chi connectivity index (χ1v) is 9.10. The maximum absolute atomic E-state index is 12.5. The Morgan fingerprint density at radius 2 is 2.05 bits per heavy atom. The van der Waals surface area contributed by atoms with Crippen molar-refractivity contribution in [3.63, 3.8) is 0 Å². The summed E-state index contributed by atoms with van der Waals surface area (Å²) in [5.74, 6) is 0.550. The van der Waals surface area contributed by atoms with E-state index in [9.17, 15) is 13.5 Å². The topological polar surface area (TPSA) is 82.5 Å². The van der Waals surface area contributed by atoms with Gasteiger partial charge in [-0.3, -0.25) is 0 Å². The average Bonchev–Trinajstić information content (AvgIpc) is 3.02. The number of aromatic nitrogens is 1. The number of hydrogen-bond donors (Lipinski definition) is 2. The number of aliphatic hydroxyl groups is 1. The summed E-state index contributed by atoms with van der Waals surface area (Å²) in [6.07, 6.45) is 4.13. The maximum Gasteiger partial charge on any atom is 0.243 e. The summed E-state index contributed by atoms with van der Waals surface area (Å²) >= 11 is 0. The van der Waals surface area contributed by atoms with Crippen LogP contribution in [0, 0.1) is 5.41 Å². The highest BCUT2D eigenvalue weighted by Gasteiger charge is 2.27. The van der Waals surface area contributed by atoms with Crippen LogP contribution in [0.1, 0.15) is 33.1 Å². The minimum Gasteiger partial charge on any atom is -0.396 e. The monoisotopic (exact) mass is 327 g/mol. The molecule has 0 saturated carbocycles. The van der Waals surface area contributed by atoms with Crippen molar-refractivity contribution in [2.45, 2.75) is 38.0 Å². The fraction of sp³-hybridized carbons (Fsp3) is 0.667. The molecule has 0 radical (unpaired) electrons. The lowest BCUT2D eigenvalue weighted by Gasteiger charge is -2.21. The third-order valence-corrected chi connectivity index (χ3v) is 5.86. The van der Waals surface area contributed by atoms with Gasteiger partial charge in [0.15, 0.2) is 0 Å². The molecule has 0 amide bonds. The number of pyridine rings is 1. The first kappa shape index (κ1) is 17.2. The van der Waals surface area contributed by atoms with Crippen molar-refractivity contribution in [3.8, 4) is 0 Å². The van der Waals surface area contributed by atoms with Crippen LogP contribution in [0.2, 0.25) is 0 Å². The molecule has 0 spiro atoms. The van der Waals surface area contributed by atoms with Crippen molar-refractivity contribution in [1.29, 1.82) is 0 Å². The Morgan fingerprint density at radius 3 is 2.68 bits per heavy atom. The molecule has 0 bridgehead atoms. The van der Waals surface area contributed by atoms with Crippen LogP contribution in [0.25, 0.3) is 0 Å². The summed E-state index contributed by atoms with van der Waals surface area (Å²) in [6, 6.07) is 3.12. The molecule has 124 valence electrons. The molecule has 0 aromatic carbocycles. The van der Waals surface area contributed by atoms with Crippen LogP contribution in [0.4, 0.5) is 5.82 Å². The van der Waals surface area contributed by atoms with E-state index in [1.54, 1.807) is 6.07 Å². The zero-order valence-corrected chi connectivity index (χ0v) is 14.1. The van der Waals surface area contributed by atoms with Crippen molar-refractivity contribution >= 4 is 15.8 Å². The molecule has 1 saturated heterocycles. The van der Waals surface area contributed by atoms with E-state index in [1.807, 2.05) is 13.8 Å². The summed E-state index contributed by atoms with van der Waals surface area (Å²) in [5, 5.41) is 12.4. The number of rotatable bonds is 7. The van der Waals surface area contributed by atoms with E-state index >= 15 is 0 Å². The van der Waals surface area contributed by atoms with E-state index in [2.05, 4.69) is 10.3 Å². The molecule has 0 unspecified atom stereocenters. The van der Waals surface area contributed by atoms with Gasteiger partial charge < -0.3 is 10.4 Å². The second-order valence-electron chi connectivity index (χ2n) is 6.49. The predicted octanol–water partition coefficient (Wildman–Crippen LogP) is 1.69. The Hall–Kier alpha value is -1.18. The quantitative estimate of drug-likeness (QED) is 0.796. The number of hydrogen-bond acceptors (Lipinski definition) is 5. The summed E-state index contributed by atoms with van der Waals surface area (Å²) in [7, 11) is -3.41. The van der Waals surface area contributed by atoms with Gasteiger partial charge in [0.05, 0.1) is 4.90 Å². The van der Waals surface area contributed by atoms with Crippen LogP contribution >= 0.6 is 0 Å². The Morgan fingerprint density at radius 1 is 1.36 bits per heavy atom. The maximum atomic E-state index is 12.5. The molecule has 1 fully saturated rings. The number of sulfonamides is 1. The third-order valence-electron chi connectivity index (χ3n) is 3.97. The third kappa shape index (κ3) is 4.18. The molecule has 2 rings (SSSR count). The van der Waals surface area contributed by atoms with Crippen molar-refractivity contribution in [3.05, 3.63) is 18.3 Å². The smallest absolute Gasteiger partial charge is 0.243 e. The number of nitrogens with zero attached hydrogens (tertiary/aromatic N) is 2. The Balaban J connectivity index is 2.04. The Bertz CT molecular complexity index is 596. The van der Waals surface area contributed by atoms with Crippen LogP contribution in [0.3, 0.4) is 0 Å². The molecule has 1 aliphatic heterocycles. The van der Waals surface area contributed by atoms with Gasteiger partial charge in [0.2, 0.25) is 10.0 Å². The van der Waals surface area contributed by atoms with Gasteiger partial charge in [0.25, 0.3) is 0 Å². The average molecular weight is 327 g/mol. The first-order chi connectivity index (χ1) is 10.3. The molecule has 1 aromatic heterocycles. The number of aliphatic hydroxyl groups excluding tert-OH is 1. The highest BCUT2D eigenvalue weighted by Crippen LogP contribution is 2.23. The highest BCUT2D eigenvalue weighted by molar-refractivity contribution is 7.89. The molecular weight excluding hydrogens is 302 g/mol. The zero-order chi connectivity index (χ0) is 16.2. The Labute approximate surface area is 132 Å². The largest absolute Gasteiger partial charge is 0.396 e. The van der Waals surface area contributed by atoms with Gasteiger partial charge in [0, 0.05) is 38.5 Å². The van der Waals surface area contributed by atoms with Gasteiger partial charge in [-0.25, -0.2) is 13.4 Å². The minimum atomic E-state index is -3.41. The van der Waals surface area contributed by atoms with Gasteiger partial charge >= 0.3 is 0 Å². The standard InChI is InChI=1S/C15H25N3O3S/c1-15(2,12-19)6-8-17-14-11-13(5-7-16-14)22(20,21)18-9-3-4-10-18/h5,7,11,19H,3-4,6,8-10,12H2,1-2H3,(H,16,17). The normalized spacial score (nSPS) is 16.9.